The van der Waals surface area contributed by atoms with Gasteiger partial charge in [0, 0.05) is 46.4 Å². The topological polar surface area (TPSA) is 74.2 Å². The number of hydrogen-bond acceptors (Lipinski definition) is 4. The highest BCUT2D eigenvalue weighted by Gasteiger charge is 2.29. The number of nitrogens with one attached hydrogen (secondary N) is 1. The first-order valence-corrected chi connectivity index (χ1v) is 12.1. The first-order chi connectivity index (χ1) is 14.0. The van der Waals surface area contributed by atoms with Crippen molar-refractivity contribution in [3.8, 4) is 0 Å². The van der Waals surface area contributed by atoms with E-state index in [1.54, 1.807) is 28.6 Å². The number of halogens is 1. The lowest BCUT2D eigenvalue weighted by Gasteiger charge is -2.35. The van der Waals surface area contributed by atoms with Crippen molar-refractivity contribution in [2.45, 2.75) is 43.6 Å². The Morgan fingerprint density at radius 3 is 2.30 bits per heavy atom. The summed E-state index contributed by atoms with van der Waals surface area (Å²) in [5.74, 6) is 1.40. The standard InChI is InChI=1S/C21H34N4O3S.HI/c1-3-28-19-11-13-24(14-12-19)21(22-2)23-17-18-9-15-25(16-10-18)29(26,27)20-7-5-4-6-8-20;/h4-8,18-19H,3,9-17H2,1-2H3,(H,22,23);1H. The van der Waals surface area contributed by atoms with Gasteiger partial charge >= 0.3 is 0 Å². The molecule has 0 atom stereocenters. The van der Waals surface area contributed by atoms with Crippen LogP contribution in [0.5, 0.6) is 0 Å². The van der Waals surface area contributed by atoms with Gasteiger partial charge in [-0.15, -0.1) is 24.0 Å². The molecular formula is C21H35IN4O3S. The fourth-order valence-corrected chi connectivity index (χ4v) is 5.62. The van der Waals surface area contributed by atoms with E-state index in [0.29, 0.717) is 30.0 Å². The summed E-state index contributed by atoms with van der Waals surface area (Å²) >= 11 is 0. The number of guanidine groups is 1. The number of likely N-dealkylation sites (tertiary alicyclic amines) is 1. The van der Waals surface area contributed by atoms with Crippen LogP contribution in [-0.4, -0.2) is 76.1 Å². The molecule has 0 spiro atoms. The zero-order chi connectivity index (χ0) is 20.7. The second kappa shape index (κ2) is 12.2. The van der Waals surface area contributed by atoms with Gasteiger partial charge in [0.2, 0.25) is 10.0 Å². The third kappa shape index (κ3) is 6.54. The van der Waals surface area contributed by atoms with E-state index in [9.17, 15) is 8.42 Å². The number of aliphatic imine (C=N–C) groups is 1. The lowest BCUT2D eigenvalue weighted by atomic mass is 9.98. The zero-order valence-electron chi connectivity index (χ0n) is 18.0. The van der Waals surface area contributed by atoms with Crippen molar-refractivity contribution in [1.29, 1.82) is 0 Å². The molecule has 1 N–H and O–H groups in total. The van der Waals surface area contributed by atoms with Crippen LogP contribution in [0.15, 0.2) is 40.2 Å². The Hall–Kier alpha value is -0.910. The minimum atomic E-state index is -3.38. The fourth-order valence-electron chi connectivity index (χ4n) is 4.13. The molecule has 2 aliphatic heterocycles. The molecule has 1 aromatic carbocycles. The van der Waals surface area contributed by atoms with E-state index >= 15 is 0 Å². The quantitative estimate of drug-likeness (QED) is 0.335. The Labute approximate surface area is 198 Å². The van der Waals surface area contributed by atoms with Gasteiger partial charge in [0.1, 0.15) is 0 Å². The normalized spacial score (nSPS) is 20.1. The third-order valence-electron chi connectivity index (χ3n) is 5.86. The average Bonchev–Trinajstić information content (AvgIpc) is 2.76. The summed E-state index contributed by atoms with van der Waals surface area (Å²) in [5.41, 5.74) is 0. The van der Waals surface area contributed by atoms with Gasteiger partial charge in [0.15, 0.2) is 5.96 Å². The predicted molar refractivity (Wildman–Crippen MR) is 131 cm³/mol. The molecule has 7 nitrogen and oxygen atoms in total. The molecule has 3 rings (SSSR count). The van der Waals surface area contributed by atoms with Crippen LogP contribution in [0.2, 0.25) is 0 Å². The SMILES string of the molecule is CCOC1CCN(C(=NC)NCC2CCN(S(=O)(=O)c3ccccc3)CC2)CC1.I. The average molecular weight is 551 g/mol. The maximum absolute atomic E-state index is 12.8. The summed E-state index contributed by atoms with van der Waals surface area (Å²) in [4.78, 5) is 7.12. The van der Waals surface area contributed by atoms with Crippen LogP contribution in [0.1, 0.15) is 32.6 Å². The summed E-state index contributed by atoms with van der Waals surface area (Å²) < 4.78 is 32.9. The molecule has 0 unspecified atom stereocenters. The Morgan fingerprint density at radius 1 is 1.10 bits per heavy atom. The molecule has 0 aromatic heterocycles. The van der Waals surface area contributed by atoms with Gasteiger partial charge in [-0.05, 0) is 50.7 Å². The van der Waals surface area contributed by atoms with E-state index in [0.717, 1.165) is 57.9 Å². The summed E-state index contributed by atoms with van der Waals surface area (Å²) in [6, 6.07) is 8.71. The van der Waals surface area contributed by atoms with Crippen LogP contribution in [0.3, 0.4) is 0 Å². The Morgan fingerprint density at radius 2 is 1.73 bits per heavy atom. The molecule has 0 aliphatic carbocycles. The first kappa shape index (κ1) is 25.4. The molecule has 0 saturated carbocycles. The molecule has 0 radical (unpaired) electrons. The molecule has 30 heavy (non-hydrogen) atoms. The number of piperidine rings is 2. The Balaban J connectivity index is 0.00000320. The fraction of sp³-hybridized carbons (Fsp3) is 0.667. The van der Waals surface area contributed by atoms with Gasteiger partial charge < -0.3 is 15.0 Å². The molecule has 2 aliphatic rings. The first-order valence-electron chi connectivity index (χ1n) is 10.7. The molecule has 2 fully saturated rings. The van der Waals surface area contributed by atoms with Gasteiger partial charge in [0.05, 0.1) is 11.0 Å². The Bertz CT molecular complexity index is 760. The van der Waals surface area contributed by atoms with Crippen molar-refractivity contribution >= 4 is 40.0 Å². The second-order valence-corrected chi connectivity index (χ2v) is 9.67. The minimum absolute atomic E-state index is 0. The zero-order valence-corrected chi connectivity index (χ0v) is 21.1. The van der Waals surface area contributed by atoms with Crippen molar-refractivity contribution in [3.63, 3.8) is 0 Å². The van der Waals surface area contributed by atoms with Crippen LogP contribution < -0.4 is 5.32 Å². The molecular weight excluding hydrogens is 515 g/mol. The van der Waals surface area contributed by atoms with Crippen molar-refractivity contribution < 1.29 is 13.2 Å². The maximum atomic E-state index is 12.8. The second-order valence-electron chi connectivity index (χ2n) is 7.73. The third-order valence-corrected chi connectivity index (χ3v) is 7.77. The minimum Gasteiger partial charge on any atom is -0.378 e. The van der Waals surface area contributed by atoms with E-state index < -0.39 is 10.0 Å². The van der Waals surface area contributed by atoms with Crippen LogP contribution in [0, 0.1) is 5.92 Å². The van der Waals surface area contributed by atoms with E-state index in [1.807, 2.05) is 20.0 Å². The molecule has 170 valence electrons. The van der Waals surface area contributed by atoms with Crippen molar-refractivity contribution in [1.82, 2.24) is 14.5 Å². The maximum Gasteiger partial charge on any atom is 0.243 e. The van der Waals surface area contributed by atoms with Crippen molar-refractivity contribution in [2.75, 3.05) is 46.4 Å². The van der Waals surface area contributed by atoms with Gasteiger partial charge in [-0.1, -0.05) is 18.2 Å². The van der Waals surface area contributed by atoms with Gasteiger partial charge in [-0.25, -0.2) is 8.42 Å². The van der Waals surface area contributed by atoms with Crippen LogP contribution >= 0.6 is 24.0 Å². The number of rotatable bonds is 6. The number of sulfonamides is 1. The summed E-state index contributed by atoms with van der Waals surface area (Å²) in [5, 5.41) is 3.51. The Kier molecular flexibility index (Phi) is 10.3. The molecule has 2 heterocycles. The van der Waals surface area contributed by atoms with Gasteiger partial charge in [-0.2, -0.15) is 4.31 Å². The monoisotopic (exact) mass is 550 g/mol. The van der Waals surface area contributed by atoms with Crippen LogP contribution in [-0.2, 0) is 14.8 Å². The number of benzene rings is 1. The van der Waals surface area contributed by atoms with Gasteiger partial charge in [0.25, 0.3) is 0 Å². The number of nitrogens with zero attached hydrogens (tertiary/aromatic N) is 3. The van der Waals surface area contributed by atoms with E-state index in [1.165, 1.54) is 0 Å². The predicted octanol–water partition coefficient (Wildman–Crippen LogP) is 2.78. The molecule has 0 amide bonds. The number of ether oxygens (including phenoxy) is 1. The lowest BCUT2D eigenvalue weighted by molar-refractivity contribution is 0.0263. The molecule has 0 bridgehead atoms. The van der Waals surface area contributed by atoms with Crippen molar-refractivity contribution in [3.05, 3.63) is 30.3 Å². The molecule has 9 heteroatoms. The van der Waals surface area contributed by atoms with Crippen LogP contribution in [0.4, 0.5) is 0 Å². The van der Waals surface area contributed by atoms with E-state index in [2.05, 4.69) is 15.2 Å². The molecule has 1 aromatic rings. The summed E-state index contributed by atoms with van der Waals surface area (Å²) in [6.45, 7) is 6.71. The lowest BCUT2D eigenvalue weighted by Crippen LogP contribution is -2.49. The van der Waals surface area contributed by atoms with E-state index in [4.69, 9.17) is 4.74 Å². The van der Waals surface area contributed by atoms with Crippen molar-refractivity contribution in [2.24, 2.45) is 10.9 Å². The van der Waals surface area contributed by atoms with Gasteiger partial charge in [-0.3, -0.25) is 4.99 Å². The van der Waals surface area contributed by atoms with E-state index in [-0.39, 0.29) is 24.0 Å². The number of hydrogen-bond donors (Lipinski definition) is 1. The highest BCUT2D eigenvalue weighted by Crippen LogP contribution is 2.23. The highest BCUT2D eigenvalue weighted by molar-refractivity contribution is 14.0. The largest absolute Gasteiger partial charge is 0.378 e. The molecule has 2 saturated heterocycles. The smallest absolute Gasteiger partial charge is 0.243 e. The summed E-state index contributed by atoms with van der Waals surface area (Å²) in [6.07, 6.45) is 4.16. The van der Waals surface area contributed by atoms with Crippen LogP contribution in [0.25, 0.3) is 0 Å². The highest BCUT2D eigenvalue weighted by atomic mass is 127. The summed E-state index contributed by atoms with van der Waals surface area (Å²) in [7, 11) is -1.55.